The topological polar surface area (TPSA) is 84.5 Å². The molecule has 0 spiro atoms. The van der Waals surface area contributed by atoms with E-state index in [1.165, 1.54) is 8.99 Å². The number of sulfonamides is 1. The van der Waals surface area contributed by atoms with Crippen LogP contribution in [0.1, 0.15) is 19.5 Å². The minimum Gasteiger partial charge on any atom is -0.381 e. The lowest BCUT2D eigenvalue weighted by atomic mass is 10.0. The van der Waals surface area contributed by atoms with Crippen molar-refractivity contribution >= 4 is 15.8 Å². The van der Waals surface area contributed by atoms with Crippen molar-refractivity contribution < 1.29 is 8.42 Å². The van der Waals surface area contributed by atoms with Gasteiger partial charge in [0, 0.05) is 32.2 Å². The van der Waals surface area contributed by atoms with Crippen LogP contribution in [0.15, 0.2) is 4.90 Å². The van der Waals surface area contributed by atoms with Crippen LogP contribution in [0.2, 0.25) is 0 Å². The summed E-state index contributed by atoms with van der Waals surface area (Å²) in [5.74, 6) is 0.0711. The van der Waals surface area contributed by atoms with Gasteiger partial charge in [0.25, 0.3) is 0 Å². The van der Waals surface area contributed by atoms with E-state index in [0.29, 0.717) is 25.3 Å². The summed E-state index contributed by atoms with van der Waals surface area (Å²) in [5.41, 5.74) is 6.15. The molecule has 2 N–H and O–H groups in total. The third kappa shape index (κ3) is 2.32. The van der Waals surface area contributed by atoms with Crippen molar-refractivity contribution in [1.82, 2.24) is 19.0 Å². The van der Waals surface area contributed by atoms with Crippen molar-refractivity contribution in [2.45, 2.75) is 31.2 Å². The van der Waals surface area contributed by atoms with Gasteiger partial charge in [-0.2, -0.15) is 9.40 Å². The number of piperazine rings is 1. The number of nitrogen functional groups attached to an aromatic ring is 1. The molecule has 2 rings (SSSR count). The Morgan fingerprint density at radius 1 is 1.25 bits per heavy atom. The van der Waals surface area contributed by atoms with Crippen molar-refractivity contribution in [3.05, 3.63) is 5.69 Å². The molecule has 1 aromatic heterocycles. The number of nitrogens with zero attached hydrogens (tertiary/aromatic N) is 4. The molecule has 7 nitrogen and oxygen atoms in total. The zero-order valence-corrected chi connectivity index (χ0v) is 13.5. The first-order valence-electron chi connectivity index (χ1n) is 6.58. The number of hydrogen-bond acceptors (Lipinski definition) is 5. The van der Waals surface area contributed by atoms with E-state index < -0.39 is 10.0 Å². The predicted molar refractivity (Wildman–Crippen MR) is 77.8 cm³/mol. The molecule has 0 aromatic carbocycles. The first kappa shape index (κ1) is 15.3. The molecule has 0 unspecified atom stereocenters. The molecule has 0 saturated carbocycles. The predicted octanol–water partition coefficient (Wildman–Crippen LogP) is 0.0254. The molecule has 0 amide bonds. The average molecular weight is 301 g/mol. The van der Waals surface area contributed by atoms with Crippen molar-refractivity contribution in [2.75, 3.05) is 32.4 Å². The van der Waals surface area contributed by atoms with E-state index in [1.54, 1.807) is 14.0 Å². The fourth-order valence-electron chi connectivity index (χ4n) is 2.46. The second-order valence-corrected chi connectivity index (χ2v) is 7.87. The van der Waals surface area contributed by atoms with E-state index in [1.807, 2.05) is 20.9 Å². The minimum atomic E-state index is -3.60. The molecular formula is C12H23N5O2S. The summed E-state index contributed by atoms with van der Waals surface area (Å²) in [6.07, 6.45) is 0. The minimum absolute atomic E-state index is 0.0711. The van der Waals surface area contributed by atoms with E-state index in [-0.39, 0.29) is 16.3 Å². The molecule has 1 aliphatic rings. The Bertz CT molecular complexity index is 620. The number of nitrogens with two attached hydrogens (primary N) is 1. The summed E-state index contributed by atoms with van der Waals surface area (Å²) < 4.78 is 28.6. The maximum absolute atomic E-state index is 12.8. The fraction of sp³-hybridized carbons (Fsp3) is 0.750. The zero-order chi connectivity index (χ0) is 15.3. The molecule has 1 fully saturated rings. The highest BCUT2D eigenvalue weighted by molar-refractivity contribution is 7.89. The van der Waals surface area contributed by atoms with Gasteiger partial charge in [-0.3, -0.25) is 9.58 Å². The van der Waals surface area contributed by atoms with Crippen LogP contribution in [0.25, 0.3) is 0 Å². The standard InChI is InChI=1S/C12H23N5O2S/c1-9-10(11(13)14-16(9)5)20(18,19)17-7-6-15(4)12(2,3)8-17/h6-8H2,1-5H3,(H2,13,14). The lowest BCUT2D eigenvalue weighted by molar-refractivity contribution is 0.0801. The Labute approximate surface area is 120 Å². The average Bonchev–Trinajstić information content (AvgIpc) is 2.57. The number of aromatic nitrogens is 2. The van der Waals surface area contributed by atoms with Crippen LogP contribution in [0.4, 0.5) is 5.82 Å². The van der Waals surface area contributed by atoms with Crippen molar-refractivity contribution in [1.29, 1.82) is 0 Å². The molecule has 0 radical (unpaired) electrons. The number of hydrogen-bond donors (Lipinski definition) is 1. The molecule has 0 aliphatic carbocycles. The summed E-state index contributed by atoms with van der Waals surface area (Å²) in [4.78, 5) is 2.30. The monoisotopic (exact) mass is 301 g/mol. The van der Waals surface area contributed by atoms with E-state index >= 15 is 0 Å². The second-order valence-electron chi connectivity index (χ2n) is 6.00. The normalized spacial score (nSPS) is 21.2. The Morgan fingerprint density at radius 3 is 2.30 bits per heavy atom. The molecule has 8 heteroatoms. The third-order valence-corrected chi connectivity index (χ3v) is 6.20. The van der Waals surface area contributed by atoms with Crippen LogP contribution in [-0.2, 0) is 17.1 Å². The third-order valence-electron chi connectivity index (χ3n) is 4.18. The van der Waals surface area contributed by atoms with Gasteiger partial charge < -0.3 is 5.73 Å². The van der Waals surface area contributed by atoms with Gasteiger partial charge in [-0.1, -0.05) is 0 Å². The van der Waals surface area contributed by atoms with Crippen molar-refractivity contribution in [3.63, 3.8) is 0 Å². The number of likely N-dealkylation sites (N-methyl/N-ethyl adjacent to an activating group) is 1. The molecular weight excluding hydrogens is 278 g/mol. The maximum Gasteiger partial charge on any atom is 0.248 e. The lowest BCUT2D eigenvalue weighted by Crippen LogP contribution is -2.58. The quantitative estimate of drug-likeness (QED) is 0.833. The Hall–Kier alpha value is -1.12. The van der Waals surface area contributed by atoms with Crippen molar-refractivity contribution in [3.8, 4) is 0 Å². The van der Waals surface area contributed by atoms with E-state index in [9.17, 15) is 8.42 Å². The highest BCUT2D eigenvalue weighted by Gasteiger charge is 2.39. The molecule has 0 atom stereocenters. The van der Waals surface area contributed by atoms with E-state index in [0.717, 1.165) is 0 Å². The molecule has 1 saturated heterocycles. The van der Waals surface area contributed by atoms with Crippen LogP contribution in [0.5, 0.6) is 0 Å². The molecule has 2 heterocycles. The summed E-state index contributed by atoms with van der Waals surface area (Å²) in [7, 11) is 0.102. The van der Waals surface area contributed by atoms with Gasteiger partial charge in [-0.05, 0) is 27.8 Å². The molecule has 1 aromatic rings. The van der Waals surface area contributed by atoms with Gasteiger partial charge in [-0.15, -0.1) is 0 Å². The van der Waals surface area contributed by atoms with Gasteiger partial charge >= 0.3 is 0 Å². The Balaban J connectivity index is 2.41. The Morgan fingerprint density at radius 2 is 1.85 bits per heavy atom. The highest BCUT2D eigenvalue weighted by Crippen LogP contribution is 2.29. The van der Waals surface area contributed by atoms with Gasteiger partial charge in [0.1, 0.15) is 4.90 Å². The van der Waals surface area contributed by atoms with E-state index in [2.05, 4.69) is 10.00 Å². The van der Waals surface area contributed by atoms with E-state index in [4.69, 9.17) is 5.73 Å². The largest absolute Gasteiger partial charge is 0.381 e. The molecule has 20 heavy (non-hydrogen) atoms. The number of rotatable bonds is 2. The smallest absolute Gasteiger partial charge is 0.248 e. The number of anilines is 1. The first-order chi connectivity index (χ1) is 9.07. The lowest BCUT2D eigenvalue weighted by Gasteiger charge is -2.44. The highest BCUT2D eigenvalue weighted by atomic mass is 32.2. The van der Waals surface area contributed by atoms with Gasteiger partial charge in [0.05, 0.1) is 5.69 Å². The SMILES string of the molecule is Cc1c(S(=O)(=O)N2CCN(C)C(C)(C)C2)c(N)nn1C. The van der Waals surface area contributed by atoms with Crippen LogP contribution >= 0.6 is 0 Å². The van der Waals surface area contributed by atoms with Gasteiger partial charge in [-0.25, -0.2) is 8.42 Å². The summed E-state index contributed by atoms with van der Waals surface area (Å²) in [6.45, 7) is 7.40. The summed E-state index contributed by atoms with van der Waals surface area (Å²) >= 11 is 0. The second kappa shape index (κ2) is 4.71. The van der Waals surface area contributed by atoms with Gasteiger partial charge in [0.15, 0.2) is 5.82 Å². The molecule has 114 valence electrons. The van der Waals surface area contributed by atoms with Crippen LogP contribution in [-0.4, -0.2) is 59.6 Å². The maximum atomic E-state index is 12.8. The zero-order valence-electron chi connectivity index (χ0n) is 12.7. The molecule has 0 bridgehead atoms. The summed E-state index contributed by atoms with van der Waals surface area (Å²) in [6, 6.07) is 0. The van der Waals surface area contributed by atoms with Crippen molar-refractivity contribution in [2.24, 2.45) is 7.05 Å². The fourth-order valence-corrected chi connectivity index (χ4v) is 4.34. The van der Waals surface area contributed by atoms with Crippen LogP contribution in [0.3, 0.4) is 0 Å². The van der Waals surface area contributed by atoms with Crippen LogP contribution < -0.4 is 5.73 Å². The first-order valence-corrected chi connectivity index (χ1v) is 8.02. The summed E-state index contributed by atoms with van der Waals surface area (Å²) in [5, 5.41) is 4.00. The van der Waals surface area contributed by atoms with Crippen LogP contribution in [0, 0.1) is 6.92 Å². The number of aryl methyl sites for hydroxylation is 1. The Kier molecular flexibility index (Phi) is 3.60. The molecule has 1 aliphatic heterocycles. The van der Waals surface area contributed by atoms with Gasteiger partial charge in [0.2, 0.25) is 10.0 Å².